The molecule has 0 aromatic heterocycles. The smallest absolute Gasteiger partial charge is 0.306 e. The SMILES string of the molecule is CCCCC/C=C\C/C=C\C/C=C\C/C=C\CCCCCCCCC(O)C(=O)NC(COC1OC(CO)C(O)C(O)C1OC(=O)CCC/C=C\C/C=C\C/C=C\C/C=C\CCCCC)C(O)/C=C/CCCCCCCCCCC. The summed E-state index contributed by atoms with van der Waals surface area (Å²) in [7, 11) is 0. The van der Waals surface area contributed by atoms with Gasteiger partial charge in [0.1, 0.15) is 24.4 Å². The van der Waals surface area contributed by atoms with Crippen molar-refractivity contribution in [2.24, 2.45) is 0 Å². The third kappa shape index (κ3) is 42.8. The summed E-state index contributed by atoms with van der Waals surface area (Å²) in [5, 5.41) is 56.9. The van der Waals surface area contributed by atoms with Crippen LogP contribution in [0.2, 0.25) is 0 Å². The Hall–Kier alpha value is -3.68. The lowest BCUT2D eigenvalue weighted by Crippen LogP contribution is -2.61. The number of nitrogens with one attached hydrogen (secondary N) is 1. The molecule has 1 fully saturated rings. The van der Waals surface area contributed by atoms with Crippen molar-refractivity contribution < 1.29 is 49.3 Å². The first-order chi connectivity index (χ1) is 38.7. The van der Waals surface area contributed by atoms with Gasteiger partial charge in [0.05, 0.1) is 25.4 Å². The maximum Gasteiger partial charge on any atom is 0.306 e. The third-order valence-corrected chi connectivity index (χ3v) is 14.1. The topological polar surface area (TPSA) is 175 Å². The van der Waals surface area contributed by atoms with Gasteiger partial charge in [-0.25, -0.2) is 0 Å². The van der Waals surface area contributed by atoms with Crippen LogP contribution in [0, 0.1) is 0 Å². The molecule has 11 heteroatoms. The minimum atomic E-state index is -1.64. The van der Waals surface area contributed by atoms with Crippen molar-refractivity contribution in [3.8, 4) is 0 Å². The molecule has 0 aromatic rings. The molecule has 0 radical (unpaired) electrons. The van der Waals surface area contributed by atoms with Gasteiger partial charge in [0.2, 0.25) is 5.91 Å². The molecule has 1 aliphatic heterocycles. The molecule has 1 rings (SSSR count). The van der Waals surface area contributed by atoms with Gasteiger partial charge in [0, 0.05) is 6.42 Å². The molecule has 0 aromatic carbocycles. The fourth-order valence-corrected chi connectivity index (χ4v) is 9.10. The quantitative estimate of drug-likeness (QED) is 0.0195. The lowest BCUT2D eigenvalue weighted by Gasteiger charge is -2.41. The summed E-state index contributed by atoms with van der Waals surface area (Å²) in [6, 6.07) is -1.05. The lowest BCUT2D eigenvalue weighted by atomic mass is 9.99. The van der Waals surface area contributed by atoms with Crippen LogP contribution in [0.5, 0.6) is 0 Å². The second kappa shape index (κ2) is 54.9. The van der Waals surface area contributed by atoms with Gasteiger partial charge in [0.15, 0.2) is 12.4 Å². The minimum absolute atomic E-state index is 0.0410. The summed E-state index contributed by atoms with van der Waals surface area (Å²) in [6.45, 7) is 5.68. The van der Waals surface area contributed by atoms with Gasteiger partial charge >= 0.3 is 5.97 Å². The van der Waals surface area contributed by atoms with Gasteiger partial charge in [-0.15, -0.1) is 0 Å². The molecule has 0 aliphatic carbocycles. The van der Waals surface area contributed by atoms with Crippen LogP contribution in [0.25, 0.3) is 0 Å². The highest BCUT2D eigenvalue weighted by Gasteiger charge is 2.47. The van der Waals surface area contributed by atoms with Crippen LogP contribution in [0.15, 0.2) is 109 Å². The second-order valence-electron chi connectivity index (χ2n) is 21.4. The van der Waals surface area contributed by atoms with Gasteiger partial charge in [0.25, 0.3) is 0 Å². The summed E-state index contributed by atoms with van der Waals surface area (Å²) in [4.78, 5) is 26.5. The van der Waals surface area contributed by atoms with Crippen molar-refractivity contribution in [3.05, 3.63) is 109 Å². The number of ether oxygens (including phenoxy) is 3. The number of carbonyl (C=O) groups is 2. The van der Waals surface area contributed by atoms with E-state index in [0.29, 0.717) is 19.3 Å². The van der Waals surface area contributed by atoms with Gasteiger partial charge < -0.3 is 45.1 Å². The van der Waals surface area contributed by atoms with E-state index >= 15 is 0 Å². The average molecular weight is 1110 g/mol. The molecule has 0 spiro atoms. The van der Waals surface area contributed by atoms with Gasteiger partial charge in [-0.1, -0.05) is 239 Å². The van der Waals surface area contributed by atoms with Crippen molar-refractivity contribution in [3.63, 3.8) is 0 Å². The molecule has 11 nitrogen and oxygen atoms in total. The molecular formula is C68H115NO10. The lowest BCUT2D eigenvalue weighted by molar-refractivity contribution is -0.305. The fraction of sp³-hybridized carbons (Fsp3) is 0.706. The molecule has 1 amide bonds. The maximum atomic E-state index is 13.4. The number of aliphatic hydroxyl groups excluding tert-OH is 5. The maximum absolute atomic E-state index is 13.4. The first-order valence-electron chi connectivity index (χ1n) is 31.7. The molecule has 0 saturated carbocycles. The number of hydrogen-bond acceptors (Lipinski definition) is 10. The van der Waals surface area contributed by atoms with E-state index in [9.17, 15) is 35.1 Å². The Balaban J connectivity index is 2.70. The van der Waals surface area contributed by atoms with Crippen LogP contribution >= 0.6 is 0 Å². The zero-order valence-electron chi connectivity index (χ0n) is 50.0. The van der Waals surface area contributed by atoms with Crippen LogP contribution < -0.4 is 5.32 Å². The molecule has 6 N–H and O–H groups in total. The zero-order chi connectivity index (χ0) is 57.5. The van der Waals surface area contributed by atoms with Gasteiger partial charge in [-0.05, 0) is 109 Å². The van der Waals surface area contributed by atoms with Crippen LogP contribution in [-0.2, 0) is 23.8 Å². The number of esters is 1. The molecule has 79 heavy (non-hydrogen) atoms. The first kappa shape index (κ1) is 73.3. The van der Waals surface area contributed by atoms with Crippen molar-refractivity contribution in [1.82, 2.24) is 5.32 Å². The predicted octanol–water partition coefficient (Wildman–Crippen LogP) is 15.3. The van der Waals surface area contributed by atoms with E-state index < -0.39 is 67.4 Å². The first-order valence-corrected chi connectivity index (χ1v) is 31.7. The number of hydrogen-bond donors (Lipinski definition) is 6. The summed E-state index contributed by atoms with van der Waals surface area (Å²) in [5.74, 6) is -1.27. The molecule has 0 bridgehead atoms. The van der Waals surface area contributed by atoms with E-state index in [0.717, 1.165) is 109 Å². The molecule has 452 valence electrons. The number of rotatable bonds is 52. The molecule has 1 saturated heterocycles. The normalized spacial score (nSPS) is 19.6. The zero-order valence-corrected chi connectivity index (χ0v) is 50.0. The number of carbonyl (C=O) groups excluding carboxylic acids is 2. The number of allylic oxidation sites excluding steroid dienone is 17. The van der Waals surface area contributed by atoms with E-state index in [1.54, 1.807) is 6.08 Å². The van der Waals surface area contributed by atoms with E-state index in [1.807, 2.05) is 18.2 Å². The van der Waals surface area contributed by atoms with E-state index in [1.165, 1.54) is 83.5 Å². The second-order valence-corrected chi connectivity index (χ2v) is 21.4. The molecular weight excluding hydrogens is 991 g/mol. The number of aliphatic hydroxyl groups is 5. The Morgan fingerprint density at radius 1 is 0.494 bits per heavy atom. The molecule has 8 atom stereocenters. The summed E-state index contributed by atoms with van der Waals surface area (Å²) in [5.41, 5.74) is 0. The van der Waals surface area contributed by atoms with E-state index in [-0.39, 0.29) is 19.4 Å². The number of amides is 1. The number of unbranched alkanes of at least 4 members (excludes halogenated alkanes) is 22. The van der Waals surface area contributed by atoms with Crippen LogP contribution in [-0.4, -0.2) is 99.6 Å². The highest BCUT2D eigenvalue weighted by Crippen LogP contribution is 2.26. The van der Waals surface area contributed by atoms with Crippen molar-refractivity contribution in [1.29, 1.82) is 0 Å². The Morgan fingerprint density at radius 2 is 0.873 bits per heavy atom. The highest BCUT2D eigenvalue weighted by atomic mass is 16.7. The summed E-state index contributed by atoms with van der Waals surface area (Å²) < 4.78 is 17.5. The highest BCUT2D eigenvalue weighted by molar-refractivity contribution is 5.80. The standard InChI is InChI=1S/C68H115NO10/c1-4-7-10-13-16-19-22-24-26-28-29-30-31-32-34-35-37-40-43-46-49-52-55-61(72)67(76)69-59(60(71)54-51-48-45-42-39-21-18-15-12-9-6-3)58-77-68-66(65(75)64(74)62(57-70)78-68)79-63(73)56-53-50-47-44-41-38-36-33-27-25-23-20-17-14-11-8-5-2/h16-17,19-20,24-27,29-30,32,34,36,38,44,47,51,54,59-62,64-66,68,70-72,74-75H,4-15,18,21-23,28,31,33,35,37,39-43,45-46,48-50,52-53,55-58H2,1-3H3,(H,69,76)/b19-16-,20-17-,26-24-,27-25-,30-29-,34-32-,38-36-,47-44-,54-51+. The van der Waals surface area contributed by atoms with Crippen molar-refractivity contribution >= 4 is 11.9 Å². The Morgan fingerprint density at radius 3 is 1.33 bits per heavy atom. The Kier molecular flexibility index (Phi) is 50.9. The molecule has 1 aliphatic rings. The average Bonchev–Trinajstić information content (AvgIpc) is 3.45. The monoisotopic (exact) mass is 1110 g/mol. The predicted molar refractivity (Wildman–Crippen MR) is 328 cm³/mol. The minimum Gasteiger partial charge on any atom is -0.454 e. The van der Waals surface area contributed by atoms with Crippen LogP contribution in [0.1, 0.15) is 245 Å². The largest absolute Gasteiger partial charge is 0.454 e. The fourth-order valence-electron chi connectivity index (χ4n) is 9.10. The Bertz CT molecular complexity index is 1700. The van der Waals surface area contributed by atoms with Gasteiger partial charge in [-0.3, -0.25) is 9.59 Å². The third-order valence-electron chi connectivity index (χ3n) is 14.1. The molecule has 1 heterocycles. The van der Waals surface area contributed by atoms with Gasteiger partial charge in [-0.2, -0.15) is 0 Å². The Labute approximate surface area is 481 Å². The van der Waals surface area contributed by atoms with Crippen molar-refractivity contribution in [2.45, 2.75) is 294 Å². The molecule has 8 unspecified atom stereocenters. The van der Waals surface area contributed by atoms with Crippen molar-refractivity contribution in [2.75, 3.05) is 13.2 Å². The van der Waals surface area contributed by atoms with Crippen LogP contribution in [0.4, 0.5) is 0 Å². The van der Waals surface area contributed by atoms with E-state index in [2.05, 4.69) is 111 Å². The summed E-state index contributed by atoms with van der Waals surface area (Å²) in [6.07, 6.45) is 64.1. The summed E-state index contributed by atoms with van der Waals surface area (Å²) >= 11 is 0. The van der Waals surface area contributed by atoms with Crippen LogP contribution in [0.3, 0.4) is 0 Å². The van der Waals surface area contributed by atoms with E-state index in [4.69, 9.17) is 14.2 Å².